The van der Waals surface area contributed by atoms with E-state index in [0.717, 1.165) is 24.8 Å². The van der Waals surface area contributed by atoms with Crippen LogP contribution in [0.25, 0.3) is 0 Å². The van der Waals surface area contributed by atoms with Gasteiger partial charge in [0.15, 0.2) is 0 Å². The van der Waals surface area contributed by atoms with E-state index in [1.165, 1.54) is 38.2 Å². The highest BCUT2D eigenvalue weighted by Crippen LogP contribution is 2.32. The van der Waals surface area contributed by atoms with Gasteiger partial charge in [0.2, 0.25) is 0 Å². The quantitative estimate of drug-likeness (QED) is 0.491. The monoisotopic (exact) mass is 298 g/mol. The zero-order valence-electron chi connectivity index (χ0n) is 12.0. The van der Waals surface area contributed by atoms with Gasteiger partial charge in [0.25, 0.3) is 0 Å². The van der Waals surface area contributed by atoms with E-state index in [-0.39, 0.29) is 5.75 Å². The Morgan fingerprint density at radius 1 is 1.00 bits per heavy atom. The third kappa shape index (κ3) is 7.68. The first kappa shape index (κ1) is 17.2. The van der Waals surface area contributed by atoms with Gasteiger partial charge >= 0.3 is 0 Å². The van der Waals surface area contributed by atoms with Crippen molar-refractivity contribution in [3.05, 3.63) is 29.8 Å². The Balaban J connectivity index is 2.34. The van der Waals surface area contributed by atoms with E-state index < -0.39 is 7.82 Å². The number of benzene rings is 1. The number of phosphoric acid groups is 1. The van der Waals surface area contributed by atoms with E-state index in [2.05, 4.69) is 11.4 Å². The van der Waals surface area contributed by atoms with E-state index >= 15 is 0 Å². The van der Waals surface area contributed by atoms with Crippen LogP contribution in [0.1, 0.15) is 57.4 Å². The number of hydrogen-bond acceptors (Lipinski definition) is 4. The molecule has 0 atom stereocenters. The number of hydrogen-bond donors (Lipinski definition) is 0. The van der Waals surface area contributed by atoms with Gasteiger partial charge in [-0.2, -0.15) is 0 Å². The topological polar surface area (TPSA) is 72.4 Å². The van der Waals surface area contributed by atoms with Crippen molar-refractivity contribution in [2.24, 2.45) is 0 Å². The predicted molar refractivity (Wildman–Crippen MR) is 76.4 cm³/mol. The van der Waals surface area contributed by atoms with Gasteiger partial charge in [-0.15, -0.1) is 0 Å². The van der Waals surface area contributed by atoms with Crippen LogP contribution in [-0.2, 0) is 11.0 Å². The molecule has 1 rings (SSSR count). The molecule has 20 heavy (non-hydrogen) atoms. The maximum absolute atomic E-state index is 10.7. The minimum Gasteiger partial charge on any atom is -0.780 e. The molecule has 114 valence electrons. The molecule has 1 aromatic carbocycles. The van der Waals surface area contributed by atoms with Crippen LogP contribution in [0, 0.1) is 0 Å². The zero-order valence-corrected chi connectivity index (χ0v) is 12.9. The number of aryl methyl sites for hydroxylation is 1. The fourth-order valence-electron chi connectivity index (χ4n) is 2.19. The SMILES string of the molecule is CCCCCCCCCc1ccccc1OP(=O)([O-])[O-]. The molecule has 0 heterocycles. The molecule has 0 aliphatic rings. The lowest BCUT2D eigenvalue weighted by molar-refractivity contribution is -0.333. The molecule has 0 fully saturated rings. The lowest BCUT2D eigenvalue weighted by Gasteiger charge is -2.30. The minimum absolute atomic E-state index is 0.173. The Hall–Kier alpha value is -0.830. The number of unbranched alkanes of at least 4 members (excludes halogenated alkanes) is 6. The Bertz CT molecular complexity index is 428. The molecule has 5 heteroatoms. The standard InChI is InChI=1S/C15H25O4P/c1-2-3-4-5-6-7-8-11-14-12-9-10-13-15(14)19-20(16,17)18/h9-10,12-13H,2-8,11H2,1H3,(H2,16,17,18)/p-2. The minimum atomic E-state index is -4.97. The van der Waals surface area contributed by atoms with E-state index in [1.54, 1.807) is 6.07 Å². The molecule has 1 aromatic rings. The molecular formula is C15H23O4P-2. The van der Waals surface area contributed by atoms with Gasteiger partial charge in [-0.3, -0.25) is 0 Å². The average molecular weight is 298 g/mol. The first-order valence-corrected chi connectivity index (χ1v) is 8.78. The van der Waals surface area contributed by atoms with E-state index in [1.807, 2.05) is 12.1 Å². The third-order valence-electron chi connectivity index (χ3n) is 3.23. The summed E-state index contributed by atoms with van der Waals surface area (Å²) in [6.07, 6.45) is 9.11. The largest absolute Gasteiger partial charge is 0.780 e. The molecule has 0 spiro atoms. The Morgan fingerprint density at radius 3 is 2.25 bits per heavy atom. The van der Waals surface area contributed by atoms with Crippen molar-refractivity contribution < 1.29 is 18.9 Å². The van der Waals surface area contributed by atoms with Crippen molar-refractivity contribution in [3.8, 4) is 5.75 Å². The molecule has 0 N–H and O–H groups in total. The number of para-hydroxylation sites is 1. The smallest absolute Gasteiger partial charge is 0.127 e. The van der Waals surface area contributed by atoms with Gasteiger partial charge in [-0.05, 0) is 24.5 Å². The maximum Gasteiger partial charge on any atom is 0.127 e. The van der Waals surface area contributed by atoms with Gasteiger partial charge < -0.3 is 18.9 Å². The molecular weight excluding hydrogens is 275 g/mol. The summed E-state index contributed by atoms with van der Waals surface area (Å²) in [6.45, 7) is 2.20. The third-order valence-corrected chi connectivity index (χ3v) is 3.65. The van der Waals surface area contributed by atoms with Gasteiger partial charge in [0.05, 0.1) is 0 Å². The van der Waals surface area contributed by atoms with Crippen molar-refractivity contribution in [3.63, 3.8) is 0 Å². The van der Waals surface area contributed by atoms with Gasteiger partial charge in [-0.1, -0.05) is 63.6 Å². The van der Waals surface area contributed by atoms with Crippen LogP contribution in [0.4, 0.5) is 0 Å². The second-order valence-corrected chi connectivity index (χ2v) is 6.09. The highest BCUT2D eigenvalue weighted by molar-refractivity contribution is 7.43. The average Bonchev–Trinajstić information content (AvgIpc) is 2.38. The zero-order chi connectivity index (χ0) is 14.8. The van der Waals surface area contributed by atoms with Crippen LogP contribution in [0.2, 0.25) is 0 Å². The van der Waals surface area contributed by atoms with E-state index in [4.69, 9.17) is 0 Å². The van der Waals surface area contributed by atoms with Crippen molar-refractivity contribution >= 4 is 7.82 Å². The molecule has 0 aromatic heterocycles. The van der Waals surface area contributed by atoms with Gasteiger partial charge in [0.1, 0.15) is 13.6 Å². The summed E-state index contributed by atoms with van der Waals surface area (Å²) in [5, 5.41) is 0. The van der Waals surface area contributed by atoms with Crippen LogP contribution < -0.4 is 14.3 Å². The number of phosphoric ester groups is 1. The van der Waals surface area contributed by atoms with Gasteiger partial charge in [0, 0.05) is 0 Å². The summed E-state index contributed by atoms with van der Waals surface area (Å²) in [7, 11) is -4.97. The summed E-state index contributed by atoms with van der Waals surface area (Å²) in [5.74, 6) is 0.173. The second kappa shape index (κ2) is 9.17. The molecule has 0 bridgehead atoms. The van der Waals surface area contributed by atoms with Crippen molar-refractivity contribution in [2.75, 3.05) is 0 Å². The summed E-state index contributed by atoms with van der Waals surface area (Å²) in [4.78, 5) is 21.4. The molecule has 0 unspecified atom stereocenters. The van der Waals surface area contributed by atoms with Crippen LogP contribution in [0.5, 0.6) is 5.75 Å². The lowest BCUT2D eigenvalue weighted by atomic mass is 10.0. The fraction of sp³-hybridized carbons (Fsp3) is 0.600. The lowest BCUT2D eigenvalue weighted by Crippen LogP contribution is -2.19. The van der Waals surface area contributed by atoms with E-state index in [9.17, 15) is 14.4 Å². The molecule has 0 aliphatic carbocycles. The van der Waals surface area contributed by atoms with Crippen LogP contribution in [0.3, 0.4) is 0 Å². The maximum atomic E-state index is 10.7. The van der Waals surface area contributed by atoms with E-state index in [0.29, 0.717) is 0 Å². The first-order chi connectivity index (χ1) is 9.53. The first-order valence-electron chi connectivity index (χ1n) is 7.32. The fourth-order valence-corrected chi connectivity index (χ4v) is 2.61. The summed E-state index contributed by atoms with van der Waals surface area (Å²) < 4.78 is 15.2. The normalized spacial score (nSPS) is 11.6. The molecule has 4 nitrogen and oxygen atoms in total. The molecule has 0 saturated heterocycles. The Morgan fingerprint density at radius 2 is 1.60 bits per heavy atom. The van der Waals surface area contributed by atoms with Crippen LogP contribution in [-0.4, -0.2) is 0 Å². The Kier molecular flexibility index (Phi) is 7.90. The van der Waals surface area contributed by atoms with Crippen molar-refractivity contribution in [1.82, 2.24) is 0 Å². The molecule has 0 amide bonds. The van der Waals surface area contributed by atoms with Crippen molar-refractivity contribution in [1.29, 1.82) is 0 Å². The van der Waals surface area contributed by atoms with Crippen molar-refractivity contribution in [2.45, 2.75) is 58.3 Å². The highest BCUT2D eigenvalue weighted by Gasteiger charge is 2.04. The molecule has 0 radical (unpaired) electrons. The summed E-state index contributed by atoms with van der Waals surface area (Å²) in [5.41, 5.74) is 0.785. The number of rotatable bonds is 10. The van der Waals surface area contributed by atoms with Gasteiger partial charge in [-0.25, -0.2) is 0 Å². The predicted octanol–water partition coefficient (Wildman–Crippen LogP) is 3.19. The van der Waals surface area contributed by atoms with Crippen LogP contribution >= 0.6 is 7.82 Å². The Labute approximate surface area is 121 Å². The molecule has 0 aliphatic heterocycles. The summed E-state index contributed by atoms with van der Waals surface area (Å²) in [6, 6.07) is 6.82. The molecule has 0 saturated carbocycles. The highest BCUT2D eigenvalue weighted by atomic mass is 31.2. The van der Waals surface area contributed by atoms with Crippen LogP contribution in [0.15, 0.2) is 24.3 Å². The summed E-state index contributed by atoms with van der Waals surface area (Å²) >= 11 is 0. The second-order valence-electron chi connectivity index (χ2n) is 5.02.